The molecule has 4 aromatic carbocycles. The molecule has 1 saturated carbocycles. The number of carbonyl (C=O) groups is 1. The molecule has 0 saturated heterocycles. The largest absolute Gasteiger partial charge is 0.508 e. The van der Waals surface area contributed by atoms with Gasteiger partial charge in [0.15, 0.2) is 11.5 Å². The normalized spacial score (nSPS) is 20.9. The highest BCUT2D eigenvalue weighted by Crippen LogP contribution is 2.63. The number of likely N-dealkylation sites (N-methyl/N-ethyl adjacent to an activating group) is 1. The number of aryl methyl sites for hydroxylation is 1. The molecule has 3 aliphatic rings. The van der Waals surface area contributed by atoms with E-state index in [2.05, 4.69) is 58.8 Å². The number of esters is 1. The van der Waals surface area contributed by atoms with E-state index >= 15 is 0 Å². The maximum atomic E-state index is 12.3. The number of hydrogen-bond acceptors (Lipinski definition) is 10. The minimum atomic E-state index is -0.519. The lowest BCUT2D eigenvalue weighted by molar-refractivity contribution is -0.141. The van der Waals surface area contributed by atoms with Crippen molar-refractivity contribution >= 4 is 11.8 Å². The number of carbonyl (C=O) groups excluding carboxylic acids is 1. The maximum Gasteiger partial charge on any atom is 0.302 e. The number of anilines is 1. The summed E-state index contributed by atoms with van der Waals surface area (Å²) in [6, 6.07) is 27.8. The highest BCUT2D eigenvalue weighted by Gasteiger charge is 2.51. The van der Waals surface area contributed by atoms with E-state index in [9.17, 15) is 15.0 Å². The molecule has 1 fully saturated rings. The number of fused-ring (bicyclic) bond motifs is 6. The molecule has 5 N–H and O–H groups in total. The Morgan fingerprint density at radius 2 is 1.89 bits per heavy atom. The van der Waals surface area contributed by atoms with Crippen molar-refractivity contribution in [1.29, 1.82) is 0 Å². The number of phenolic OH excluding ortho intramolecular Hbond substituents is 2. The number of nitrogens with one attached hydrogen (secondary N) is 1. The van der Waals surface area contributed by atoms with Crippen molar-refractivity contribution < 1.29 is 34.0 Å². The Morgan fingerprint density at radius 3 is 2.65 bits per heavy atom. The summed E-state index contributed by atoms with van der Waals surface area (Å²) in [5, 5.41) is 24.7. The standard InChI is InChI=1S/C47H51N3O7/c1-28(51)56-27-38-36-13-14-37-43-33(21-34(52)23-41(43)54-3)25-47(44(37)46(36)57-45(38)30-10-15-39(53)40(22-30)55-20-19-49-2)18-17-31(24-47)35(32-11-16-42(48)50-26-32)12-9-29-7-5-4-6-8-29/h4-8,10-11,13-16,21-23,26,31,35,38,45,49,52-53H,9,12,17-20,24-25,27H2,1-3H3,(H2,48,50). The second-order valence-electron chi connectivity index (χ2n) is 15.8. The fourth-order valence-corrected chi connectivity index (χ4v) is 9.79. The number of benzene rings is 4. The molecule has 5 atom stereocenters. The highest BCUT2D eigenvalue weighted by atomic mass is 16.5. The quantitative estimate of drug-likeness (QED) is 0.0684. The van der Waals surface area contributed by atoms with Crippen molar-refractivity contribution in [3.63, 3.8) is 0 Å². The van der Waals surface area contributed by atoms with Crippen LogP contribution in [0.1, 0.15) is 83.9 Å². The number of rotatable bonds is 13. The third kappa shape index (κ3) is 7.46. The van der Waals surface area contributed by atoms with Gasteiger partial charge < -0.3 is 40.2 Å². The predicted molar refractivity (Wildman–Crippen MR) is 219 cm³/mol. The van der Waals surface area contributed by atoms with Gasteiger partial charge in [-0.15, -0.1) is 0 Å². The summed E-state index contributed by atoms with van der Waals surface area (Å²) >= 11 is 0. The van der Waals surface area contributed by atoms with Crippen LogP contribution in [0.25, 0.3) is 11.1 Å². The van der Waals surface area contributed by atoms with Crippen LogP contribution in [0.2, 0.25) is 0 Å². The number of pyridine rings is 1. The molecule has 1 spiro atoms. The van der Waals surface area contributed by atoms with Gasteiger partial charge in [-0.3, -0.25) is 4.79 Å². The molecule has 0 amide bonds. The molecule has 2 aliphatic carbocycles. The van der Waals surface area contributed by atoms with Gasteiger partial charge in [-0.2, -0.15) is 0 Å². The van der Waals surface area contributed by atoms with Crippen LogP contribution in [0.5, 0.6) is 28.7 Å². The molecule has 10 nitrogen and oxygen atoms in total. The Balaban J connectivity index is 1.24. The average molecular weight is 770 g/mol. The SMILES string of the molecule is CNCCOc1cc(C2Oc3c(ccc4c3C3(CCC(C(CCc5ccccc5)c5ccc(N)nc5)C3)Cc3cc(O)cc(OC)c3-4)C2COC(C)=O)ccc1O. The minimum absolute atomic E-state index is 0.0419. The van der Waals surface area contributed by atoms with Crippen LogP contribution in [0.15, 0.2) is 91.1 Å². The van der Waals surface area contributed by atoms with E-state index in [1.54, 1.807) is 19.2 Å². The highest BCUT2D eigenvalue weighted by molar-refractivity contribution is 5.84. The number of nitrogen functional groups attached to an aromatic ring is 1. The topological polar surface area (TPSA) is 145 Å². The van der Waals surface area contributed by atoms with Gasteiger partial charge >= 0.3 is 5.97 Å². The number of hydrogen-bond donors (Lipinski definition) is 4. The molecule has 1 aromatic heterocycles. The Kier molecular flexibility index (Phi) is 10.7. The zero-order chi connectivity index (χ0) is 39.7. The fraction of sp³-hybridized carbons (Fsp3) is 0.362. The van der Waals surface area contributed by atoms with E-state index in [1.807, 2.05) is 37.5 Å². The molecule has 0 bridgehead atoms. The lowest BCUT2D eigenvalue weighted by Crippen LogP contribution is -2.31. The molecule has 57 heavy (non-hydrogen) atoms. The minimum Gasteiger partial charge on any atom is -0.508 e. The number of aromatic hydroxyl groups is 2. The van der Waals surface area contributed by atoms with Crippen molar-refractivity contribution in [3.8, 4) is 39.9 Å². The van der Waals surface area contributed by atoms with E-state index in [4.69, 9.17) is 24.7 Å². The first-order valence-corrected chi connectivity index (χ1v) is 19.9. The van der Waals surface area contributed by atoms with E-state index < -0.39 is 6.10 Å². The summed E-state index contributed by atoms with van der Waals surface area (Å²) in [4.78, 5) is 16.8. The number of aromatic nitrogens is 1. The molecular weight excluding hydrogens is 719 g/mol. The summed E-state index contributed by atoms with van der Waals surface area (Å²) in [6.45, 7) is 2.54. The first kappa shape index (κ1) is 38.1. The zero-order valence-electron chi connectivity index (χ0n) is 32.8. The molecule has 10 heteroatoms. The Bertz CT molecular complexity index is 2250. The lowest BCUT2D eigenvalue weighted by atomic mass is 9.64. The predicted octanol–water partition coefficient (Wildman–Crippen LogP) is 8.14. The number of methoxy groups -OCH3 is 1. The summed E-state index contributed by atoms with van der Waals surface area (Å²) < 4.78 is 24.8. The van der Waals surface area contributed by atoms with Crippen LogP contribution in [-0.4, -0.2) is 55.1 Å². The molecule has 5 aromatic rings. The van der Waals surface area contributed by atoms with Gasteiger partial charge in [-0.25, -0.2) is 4.98 Å². The summed E-state index contributed by atoms with van der Waals surface area (Å²) in [5.41, 5.74) is 14.2. The lowest BCUT2D eigenvalue weighted by Gasteiger charge is -2.39. The maximum absolute atomic E-state index is 12.3. The van der Waals surface area contributed by atoms with Gasteiger partial charge in [0, 0.05) is 47.8 Å². The monoisotopic (exact) mass is 769 g/mol. The first-order valence-electron chi connectivity index (χ1n) is 19.9. The first-order chi connectivity index (χ1) is 27.7. The van der Waals surface area contributed by atoms with Crippen LogP contribution < -0.4 is 25.3 Å². The summed E-state index contributed by atoms with van der Waals surface area (Å²) in [5.74, 6) is 2.37. The molecule has 0 radical (unpaired) electrons. The van der Waals surface area contributed by atoms with Crippen LogP contribution in [0, 0.1) is 5.92 Å². The van der Waals surface area contributed by atoms with Crippen molar-refractivity contribution in [1.82, 2.24) is 10.3 Å². The third-order valence-electron chi connectivity index (χ3n) is 12.3. The van der Waals surface area contributed by atoms with Crippen LogP contribution in [-0.2, 0) is 27.8 Å². The van der Waals surface area contributed by atoms with Gasteiger partial charge in [-0.05, 0) is 109 Å². The molecule has 296 valence electrons. The average Bonchev–Trinajstić information content (AvgIpc) is 3.80. The Morgan fingerprint density at radius 1 is 1.05 bits per heavy atom. The smallest absolute Gasteiger partial charge is 0.302 e. The number of nitrogens with two attached hydrogens (primary N) is 1. The summed E-state index contributed by atoms with van der Waals surface area (Å²) in [7, 11) is 3.48. The van der Waals surface area contributed by atoms with E-state index in [0.717, 1.165) is 71.2 Å². The van der Waals surface area contributed by atoms with Gasteiger partial charge in [0.25, 0.3) is 0 Å². The van der Waals surface area contributed by atoms with Crippen LogP contribution >= 0.6 is 0 Å². The number of phenols is 2. The number of ether oxygens (including phenoxy) is 4. The van der Waals surface area contributed by atoms with Gasteiger partial charge in [0.1, 0.15) is 42.4 Å². The third-order valence-corrected chi connectivity index (χ3v) is 12.3. The zero-order valence-corrected chi connectivity index (χ0v) is 32.8. The van der Waals surface area contributed by atoms with Crippen molar-refractivity contribution in [2.24, 2.45) is 5.92 Å². The van der Waals surface area contributed by atoms with E-state index in [-0.39, 0.29) is 41.3 Å². The van der Waals surface area contributed by atoms with Crippen molar-refractivity contribution in [2.75, 3.05) is 39.6 Å². The summed E-state index contributed by atoms with van der Waals surface area (Å²) in [6.07, 6.45) is 6.82. The van der Waals surface area contributed by atoms with E-state index in [0.29, 0.717) is 42.8 Å². The van der Waals surface area contributed by atoms with Gasteiger partial charge in [0.05, 0.1) is 13.0 Å². The molecular formula is C47H51N3O7. The second-order valence-corrected chi connectivity index (χ2v) is 15.8. The Hall–Kier alpha value is -5.74. The van der Waals surface area contributed by atoms with Crippen molar-refractivity contribution in [3.05, 3.63) is 125 Å². The molecule has 8 rings (SSSR count). The molecule has 5 unspecified atom stereocenters. The molecule has 2 heterocycles. The van der Waals surface area contributed by atoms with E-state index in [1.165, 1.54) is 18.1 Å². The van der Waals surface area contributed by atoms with Crippen LogP contribution in [0.4, 0.5) is 5.82 Å². The van der Waals surface area contributed by atoms with Crippen LogP contribution in [0.3, 0.4) is 0 Å². The van der Waals surface area contributed by atoms with Gasteiger partial charge in [0.2, 0.25) is 0 Å². The Labute approximate surface area is 334 Å². The van der Waals surface area contributed by atoms with Crippen molar-refractivity contribution in [2.45, 2.75) is 68.8 Å². The second kappa shape index (κ2) is 16.0. The molecule has 1 aliphatic heterocycles. The fourth-order valence-electron chi connectivity index (χ4n) is 9.79. The number of nitrogens with zero attached hydrogens (tertiary/aromatic N) is 1. The van der Waals surface area contributed by atoms with Gasteiger partial charge in [-0.1, -0.05) is 54.6 Å².